The lowest BCUT2D eigenvalue weighted by Gasteiger charge is -2.20. The van der Waals surface area contributed by atoms with Crippen molar-refractivity contribution >= 4 is 17.7 Å². The van der Waals surface area contributed by atoms with Crippen molar-refractivity contribution in [3.8, 4) is 11.5 Å². The lowest BCUT2D eigenvalue weighted by atomic mass is 9.89. The van der Waals surface area contributed by atoms with E-state index in [-0.39, 0.29) is 24.5 Å². The van der Waals surface area contributed by atoms with Crippen LogP contribution < -0.4 is 20.6 Å². The summed E-state index contributed by atoms with van der Waals surface area (Å²) in [6, 6.07) is 5.54. The summed E-state index contributed by atoms with van der Waals surface area (Å²) < 4.78 is 12.3. The van der Waals surface area contributed by atoms with Crippen LogP contribution in [0.1, 0.15) is 62.4 Å². The molecule has 2 aliphatic rings. The minimum Gasteiger partial charge on any atom is -0.454 e. The van der Waals surface area contributed by atoms with E-state index >= 15 is 0 Å². The molecule has 1 aromatic heterocycles. The van der Waals surface area contributed by atoms with Crippen LogP contribution in [0.4, 0.5) is 0 Å². The van der Waals surface area contributed by atoms with Crippen molar-refractivity contribution in [3.63, 3.8) is 0 Å². The SMILES string of the molecule is CC(NC(=O)CSc1nnc(C2CCCCC2)n1N)c1ccc2c(c1)OCO2. The number of thioether (sulfide) groups is 1. The molecule has 2 heterocycles. The number of fused-ring (bicyclic) bond motifs is 1. The first-order chi connectivity index (χ1) is 13.6. The minimum atomic E-state index is -0.142. The normalized spacial score (nSPS) is 17.5. The van der Waals surface area contributed by atoms with E-state index in [2.05, 4.69) is 15.5 Å². The van der Waals surface area contributed by atoms with Gasteiger partial charge in [0.2, 0.25) is 17.9 Å². The molecule has 3 N–H and O–H groups in total. The molecule has 1 saturated carbocycles. The molecule has 1 unspecified atom stereocenters. The molecule has 1 aliphatic heterocycles. The Kier molecular flexibility index (Phi) is 5.61. The molecule has 1 fully saturated rings. The summed E-state index contributed by atoms with van der Waals surface area (Å²) in [4.78, 5) is 12.4. The summed E-state index contributed by atoms with van der Waals surface area (Å²) in [7, 11) is 0. The number of nitrogens with one attached hydrogen (secondary N) is 1. The van der Waals surface area contributed by atoms with E-state index in [4.69, 9.17) is 15.3 Å². The third kappa shape index (κ3) is 4.04. The molecular formula is C19H25N5O3S. The summed E-state index contributed by atoms with van der Waals surface area (Å²) in [6.45, 7) is 2.17. The number of carbonyl (C=O) groups excluding carboxylic acids is 1. The summed E-state index contributed by atoms with van der Waals surface area (Å²) >= 11 is 1.30. The van der Waals surface area contributed by atoms with Crippen LogP contribution in [-0.4, -0.2) is 33.3 Å². The first kappa shape index (κ1) is 18.9. The molecule has 28 heavy (non-hydrogen) atoms. The van der Waals surface area contributed by atoms with E-state index < -0.39 is 0 Å². The number of hydrogen-bond donors (Lipinski definition) is 2. The Morgan fingerprint density at radius 2 is 2.07 bits per heavy atom. The standard InChI is InChI=1S/C19H25N5O3S/c1-12(14-7-8-15-16(9-14)27-11-26-15)21-17(25)10-28-19-23-22-18(24(19)20)13-5-3-2-4-6-13/h7-9,12-13H,2-6,10-11,20H2,1H3,(H,21,25). The Labute approximate surface area is 168 Å². The maximum Gasteiger partial charge on any atom is 0.231 e. The van der Waals surface area contributed by atoms with Gasteiger partial charge in [-0.2, -0.15) is 0 Å². The molecule has 8 nitrogen and oxygen atoms in total. The van der Waals surface area contributed by atoms with Crippen molar-refractivity contribution in [2.75, 3.05) is 18.4 Å². The first-order valence-corrected chi connectivity index (χ1v) is 10.6. The summed E-state index contributed by atoms with van der Waals surface area (Å²) in [5.74, 6) is 8.97. The van der Waals surface area contributed by atoms with Gasteiger partial charge in [-0.25, -0.2) is 4.68 Å². The van der Waals surface area contributed by atoms with Gasteiger partial charge >= 0.3 is 0 Å². The molecule has 1 atom stereocenters. The van der Waals surface area contributed by atoms with Crippen LogP contribution in [0, 0.1) is 0 Å². The molecule has 9 heteroatoms. The molecule has 2 aromatic rings. The van der Waals surface area contributed by atoms with Gasteiger partial charge in [-0.1, -0.05) is 37.1 Å². The van der Waals surface area contributed by atoms with Gasteiger partial charge < -0.3 is 20.6 Å². The van der Waals surface area contributed by atoms with E-state index in [1.54, 1.807) is 4.68 Å². The number of nitrogen functional groups attached to an aromatic ring is 1. The maximum atomic E-state index is 12.4. The Bertz CT molecular complexity index is 850. The van der Waals surface area contributed by atoms with Gasteiger partial charge in [0, 0.05) is 5.92 Å². The molecule has 150 valence electrons. The number of nitrogens with zero attached hydrogens (tertiary/aromatic N) is 3. The molecule has 4 rings (SSSR count). The van der Waals surface area contributed by atoms with Crippen molar-refractivity contribution in [2.45, 2.75) is 56.1 Å². The van der Waals surface area contributed by atoms with Crippen LogP contribution in [-0.2, 0) is 4.79 Å². The van der Waals surface area contributed by atoms with Crippen LogP contribution in [0.5, 0.6) is 11.5 Å². The van der Waals surface area contributed by atoms with Crippen LogP contribution in [0.2, 0.25) is 0 Å². The number of hydrogen-bond acceptors (Lipinski definition) is 7. The highest BCUT2D eigenvalue weighted by atomic mass is 32.2. The monoisotopic (exact) mass is 403 g/mol. The van der Waals surface area contributed by atoms with E-state index in [0.717, 1.165) is 30.0 Å². The zero-order chi connectivity index (χ0) is 19.5. The summed E-state index contributed by atoms with van der Waals surface area (Å²) in [5, 5.41) is 12.0. The second kappa shape index (κ2) is 8.30. The Balaban J connectivity index is 1.31. The number of ether oxygens (including phenoxy) is 2. The fraction of sp³-hybridized carbons (Fsp3) is 0.526. The average molecular weight is 404 g/mol. The Hall–Kier alpha value is -2.42. The lowest BCUT2D eigenvalue weighted by molar-refractivity contribution is -0.119. The van der Waals surface area contributed by atoms with E-state index in [0.29, 0.717) is 16.8 Å². The molecule has 0 bridgehead atoms. The summed E-state index contributed by atoms with van der Waals surface area (Å²) in [6.07, 6.45) is 5.90. The highest BCUT2D eigenvalue weighted by Crippen LogP contribution is 2.34. The van der Waals surface area contributed by atoms with E-state index in [9.17, 15) is 4.79 Å². The van der Waals surface area contributed by atoms with Gasteiger partial charge in [-0.05, 0) is 37.5 Å². The highest BCUT2D eigenvalue weighted by molar-refractivity contribution is 7.99. The van der Waals surface area contributed by atoms with Crippen molar-refractivity contribution in [1.29, 1.82) is 0 Å². The Morgan fingerprint density at radius 3 is 2.89 bits per heavy atom. The predicted octanol–water partition coefficient (Wildman–Crippen LogP) is 2.74. The third-order valence-corrected chi connectivity index (χ3v) is 6.21. The zero-order valence-corrected chi connectivity index (χ0v) is 16.7. The quantitative estimate of drug-likeness (QED) is 0.564. The van der Waals surface area contributed by atoms with Crippen LogP contribution >= 0.6 is 11.8 Å². The number of nitrogens with two attached hydrogens (primary N) is 1. The topological polar surface area (TPSA) is 104 Å². The van der Waals surface area contributed by atoms with Gasteiger partial charge in [-0.3, -0.25) is 4.79 Å². The molecule has 0 spiro atoms. The first-order valence-electron chi connectivity index (χ1n) is 9.64. The molecule has 0 radical (unpaired) electrons. The van der Waals surface area contributed by atoms with Crippen molar-refractivity contribution in [3.05, 3.63) is 29.6 Å². The summed E-state index contributed by atoms with van der Waals surface area (Å²) in [5.41, 5.74) is 0.962. The number of aromatic nitrogens is 3. The van der Waals surface area contributed by atoms with Crippen molar-refractivity contribution in [1.82, 2.24) is 20.2 Å². The van der Waals surface area contributed by atoms with Gasteiger partial charge in [-0.15, -0.1) is 10.2 Å². The molecule has 1 amide bonds. The third-order valence-electron chi connectivity index (χ3n) is 5.27. The fourth-order valence-electron chi connectivity index (χ4n) is 3.70. The second-order valence-electron chi connectivity index (χ2n) is 7.24. The molecule has 1 aromatic carbocycles. The lowest BCUT2D eigenvalue weighted by Crippen LogP contribution is -2.28. The van der Waals surface area contributed by atoms with Gasteiger partial charge in [0.25, 0.3) is 0 Å². The van der Waals surface area contributed by atoms with Crippen LogP contribution in [0.3, 0.4) is 0 Å². The van der Waals surface area contributed by atoms with Crippen LogP contribution in [0.15, 0.2) is 23.4 Å². The number of amides is 1. The number of rotatable bonds is 6. The smallest absolute Gasteiger partial charge is 0.231 e. The van der Waals surface area contributed by atoms with Gasteiger partial charge in [0.1, 0.15) is 0 Å². The largest absolute Gasteiger partial charge is 0.454 e. The molecular weight excluding hydrogens is 378 g/mol. The molecule has 0 saturated heterocycles. The minimum absolute atomic E-state index is 0.0858. The average Bonchev–Trinajstić information content (AvgIpc) is 3.32. The maximum absolute atomic E-state index is 12.4. The molecule has 1 aliphatic carbocycles. The zero-order valence-electron chi connectivity index (χ0n) is 15.9. The van der Waals surface area contributed by atoms with Crippen molar-refractivity contribution < 1.29 is 14.3 Å². The van der Waals surface area contributed by atoms with Crippen molar-refractivity contribution in [2.24, 2.45) is 0 Å². The van der Waals surface area contributed by atoms with Crippen LogP contribution in [0.25, 0.3) is 0 Å². The Morgan fingerprint density at radius 1 is 1.29 bits per heavy atom. The fourth-order valence-corrected chi connectivity index (χ4v) is 4.38. The highest BCUT2D eigenvalue weighted by Gasteiger charge is 2.23. The predicted molar refractivity (Wildman–Crippen MR) is 106 cm³/mol. The van der Waals surface area contributed by atoms with Gasteiger partial charge in [0.15, 0.2) is 17.3 Å². The second-order valence-corrected chi connectivity index (χ2v) is 8.18. The van der Waals surface area contributed by atoms with E-state index in [1.165, 1.54) is 31.0 Å². The van der Waals surface area contributed by atoms with Gasteiger partial charge in [0.05, 0.1) is 11.8 Å². The van der Waals surface area contributed by atoms with E-state index in [1.807, 2.05) is 25.1 Å². The number of carbonyl (C=O) groups is 1. The number of benzene rings is 1.